The average Bonchev–Trinajstić information content (AvgIpc) is 3.20. The molecule has 2 aromatic heterocycles. The number of hydrogen-bond acceptors (Lipinski definition) is 4. The molecule has 0 fully saturated rings. The quantitative estimate of drug-likeness (QED) is 0.769. The zero-order valence-electron chi connectivity index (χ0n) is 13.0. The van der Waals surface area contributed by atoms with Gasteiger partial charge in [0.1, 0.15) is 5.01 Å². The lowest BCUT2D eigenvalue weighted by molar-refractivity contribution is -0.141. The summed E-state index contributed by atoms with van der Waals surface area (Å²) in [5, 5.41) is 8.22. The van der Waals surface area contributed by atoms with E-state index in [-0.39, 0.29) is 6.54 Å². The fourth-order valence-electron chi connectivity index (χ4n) is 2.25. The third-order valence-corrected chi connectivity index (χ3v) is 4.21. The van der Waals surface area contributed by atoms with Crippen molar-refractivity contribution in [1.29, 1.82) is 0 Å². The first kappa shape index (κ1) is 17.2. The van der Waals surface area contributed by atoms with Crippen molar-refractivity contribution in [1.82, 2.24) is 20.1 Å². The highest BCUT2D eigenvalue weighted by atomic mass is 32.1. The molecule has 0 spiro atoms. The molecule has 0 saturated carbocycles. The summed E-state index contributed by atoms with van der Waals surface area (Å²) in [5.74, 6) is -0.836. The van der Waals surface area contributed by atoms with E-state index in [4.69, 9.17) is 0 Å². The van der Waals surface area contributed by atoms with E-state index in [0.29, 0.717) is 5.01 Å². The number of nitrogens with zero attached hydrogens (tertiary/aromatic N) is 3. The highest BCUT2D eigenvalue weighted by Crippen LogP contribution is 2.30. The molecule has 9 heteroatoms. The fourth-order valence-corrected chi connectivity index (χ4v) is 2.99. The predicted molar refractivity (Wildman–Crippen MR) is 86.9 cm³/mol. The van der Waals surface area contributed by atoms with Crippen LogP contribution in [-0.4, -0.2) is 20.7 Å². The number of amides is 1. The normalized spacial score (nSPS) is 11.5. The van der Waals surface area contributed by atoms with Crippen LogP contribution < -0.4 is 5.32 Å². The maximum atomic E-state index is 12.9. The lowest BCUT2D eigenvalue weighted by Gasteiger charge is -2.06. The first-order valence-electron chi connectivity index (χ1n) is 7.23. The molecule has 0 unspecified atom stereocenters. The van der Waals surface area contributed by atoms with E-state index in [1.165, 1.54) is 18.4 Å². The molecule has 0 saturated heterocycles. The van der Waals surface area contributed by atoms with Crippen LogP contribution in [0, 0.1) is 0 Å². The lowest BCUT2D eigenvalue weighted by atomic mass is 10.2. The van der Waals surface area contributed by atoms with Gasteiger partial charge in [0.25, 0.3) is 5.91 Å². The summed E-state index contributed by atoms with van der Waals surface area (Å²) in [6, 6.07) is 9.48. The zero-order chi connectivity index (χ0) is 18.0. The first-order valence-corrected chi connectivity index (χ1v) is 8.11. The van der Waals surface area contributed by atoms with Gasteiger partial charge < -0.3 is 5.32 Å². The minimum absolute atomic E-state index is 0.0442. The Kier molecular flexibility index (Phi) is 4.58. The van der Waals surface area contributed by atoms with Crippen molar-refractivity contribution in [3.8, 4) is 11.3 Å². The van der Waals surface area contributed by atoms with Gasteiger partial charge in [0.15, 0.2) is 5.69 Å². The zero-order valence-corrected chi connectivity index (χ0v) is 13.9. The minimum atomic E-state index is -4.68. The molecule has 0 aliphatic rings. The Morgan fingerprint density at radius 1 is 1.28 bits per heavy atom. The fraction of sp³-hybridized carbons (Fsp3) is 0.188. The second-order valence-electron chi connectivity index (χ2n) is 5.24. The number of rotatable bonds is 4. The van der Waals surface area contributed by atoms with Gasteiger partial charge in [-0.15, -0.1) is 11.3 Å². The molecule has 2 heterocycles. The van der Waals surface area contributed by atoms with Crippen LogP contribution in [0.1, 0.15) is 21.1 Å². The molecule has 1 amide bonds. The summed E-state index contributed by atoms with van der Waals surface area (Å²) >= 11 is 1.33. The third-order valence-electron chi connectivity index (χ3n) is 3.36. The number of halogens is 3. The second-order valence-corrected chi connectivity index (χ2v) is 6.18. The summed E-state index contributed by atoms with van der Waals surface area (Å²) in [6.07, 6.45) is -3.63. The highest BCUT2D eigenvalue weighted by molar-refractivity contribution is 7.09. The van der Waals surface area contributed by atoms with E-state index < -0.39 is 23.3 Å². The van der Waals surface area contributed by atoms with Gasteiger partial charge in [0.2, 0.25) is 0 Å². The highest BCUT2D eigenvalue weighted by Gasteiger charge is 2.38. The third kappa shape index (κ3) is 3.87. The molecule has 1 N–H and O–H groups in total. The first-order chi connectivity index (χ1) is 11.8. The standard InChI is InChI=1S/C16H13F3N4OS/c1-23-8-11(14(22-23)16(17,18)19)15(24)20-7-13-21-12(9-25-13)10-5-3-2-4-6-10/h2-6,8-9H,7H2,1H3,(H,20,24). The number of carbonyl (C=O) groups is 1. The Morgan fingerprint density at radius 2 is 2.00 bits per heavy atom. The van der Waals surface area contributed by atoms with Crippen LogP contribution in [0.4, 0.5) is 13.2 Å². The van der Waals surface area contributed by atoms with Crippen molar-refractivity contribution in [2.45, 2.75) is 12.7 Å². The lowest BCUT2D eigenvalue weighted by Crippen LogP contribution is -2.25. The van der Waals surface area contributed by atoms with Crippen molar-refractivity contribution in [3.63, 3.8) is 0 Å². The summed E-state index contributed by atoms with van der Waals surface area (Å²) in [7, 11) is 1.33. The molecule has 0 aliphatic carbocycles. The van der Waals surface area contributed by atoms with Crippen LogP contribution in [0.25, 0.3) is 11.3 Å². The molecule has 0 bridgehead atoms. The van der Waals surface area contributed by atoms with Crippen LogP contribution in [0.2, 0.25) is 0 Å². The van der Waals surface area contributed by atoms with Crippen LogP contribution in [0.15, 0.2) is 41.9 Å². The molecule has 1 aromatic carbocycles. The molecule has 3 aromatic rings. The average molecular weight is 366 g/mol. The molecule has 3 rings (SSSR count). The molecule has 25 heavy (non-hydrogen) atoms. The van der Waals surface area contributed by atoms with Crippen LogP contribution >= 0.6 is 11.3 Å². The topological polar surface area (TPSA) is 59.8 Å². The molecule has 5 nitrogen and oxygen atoms in total. The van der Waals surface area contributed by atoms with Gasteiger partial charge in [0.05, 0.1) is 17.8 Å². The van der Waals surface area contributed by atoms with Crippen molar-refractivity contribution in [2.24, 2.45) is 7.05 Å². The molecular formula is C16H13F3N4OS. The van der Waals surface area contributed by atoms with Crippen LogP contribution in [-0.2, 0) is 19.8 Å². The summed E-state index contributed by atoms with van der Waals surface area (Å²) < 4.78 is 39.7. The number of alkyl halides is 3. The number of hydrogen-bond donors (Lipinski definition) is 1. The summed E-state index contributed by atoms with van der Waals surface area (Å²) in [5.41, 5.74) is -0.0124. The Morgan fingerprint density at radius 3 is 2.68 bits per heavy atom. The number of aryl methyl sites for hydroxylation is 1. The number of benzene rings is 1. The van der Waals surface area contributed by atoms with Crippen molar-refractivity contribution in [3.05, 3.63) is 58.2 Å². The Hall–Kier alpha value is -2.68. The largest absolute Gasteiger partial charge is 0.435 e. The molecular weight excluding hydrogens is 353 g/mol. The second kappa shape index (κ2) is 6.67. The number of thiazole rings is 1. The van der Waals surface area contributed by atoms with Crippen molar-refractivity contribution >= 4 is 17.2 Å². The molecule has 0 atom stereocenters. The molecule has 0 radical (unpaired) electrons. The van der Waals surface area contributed by atoms with Gasteiger partial charge in [-0.1, -0.05) is 30.3 Å². The van der Waals surface area contributed by atoms with E-state index in [2.05, 4.69) is 15.4 Å². The van der Waals surface area contributed by atoms with Crippen LogP contribution in [0.3, 0.4) is 0 Å². The monoisotopic (exact) mass is 366 g/mol. The predicted octanol–water partition coefficient (Wildman–Crippen LogP) is 3.49. The minimum Gasteiger partial charge on any atom is -0.345 e. The van der Waals surface area contributed by atoms with E-state index in [1.54, 1.807) is 0 Å². The number of nitrogens with one attached hydrogen (secondary N) is 1. The van der Waals surface area contributed by atoms with Gasteiger partial charge in [-0.2, -0.15) is 18.3 Å². The van der Waals surface area contributed by atoms with Gasteiger partial charge in [0, 0.05) is 24.2 Å². The van der Waals surface area contributed by atoms with Gasteiger partial charge in [-0.3, -0.25) is 9.48 Å². The maximum Gasteiger partial charge on any atom is 0.435 e. The van der Waals surface area contributed by atoms with E-state index in [0.717, 1.165) is 22.1 Å². The van der Waals surface area contributed by atoms with Gasteiger partial charge in [-0.25, -0.2) is 4.98 Å². The smallest absolute Gasteiger partial charge is 0.345 e. The number of aromatic nitrogens is 3. The van der Waals surface area contributed by atoms with Gasteiger partial charge >= 0.3 is 6.18 Å². The summed E-state index contributed by atoms with van der Waals surface area (Å²) in [6.45, 7) is 0.0442. The van der Waals surface area contributed by atoms with E-state index >= 15 is 0 Å². The Bertz CT molecular complexity index is 886. The van der Waals surface area contributed by atoms with Crippen molar-refractivity contribution < 1.29 is 18.0 Å². The number of carbonyl (C=O) groups excluding carboxylic acids is 1. The maximum absolute atomic E-state index is 12.9. The van der Waals surface area contributed by atoms with E-state index in [1.807, 2.05) is 35.7 Å². The Balaban J connectivity index is 1.71. The molecule has 0 aliphatic heterocycles. The van der Waals surface area contributed by atoms with Gasteiger partial charge in [-0.05, 0) is 0 Å². The van der Waals surface area contributed by atoms with E-state index in [9.17, 15) is 18.0 Å². The van der Waals surface area contributed by atoms with Crippen molar-refractivity contribution in [2.75, 3.05) is 0 Å². The summed E-state index contributed by atoms with van der Waals surface area (Å²) in [4.78, 5) is 16.5. The van der Waals surface area contributed by atoms with Crippen LogP contribution in [0.5, 0.6) is 0 Å². The SMILES string of the molecule is Cn1cc(C(=O)NCc2nc(-c3ccccc3)cs2)c(C(F)(F)F)n1. The molecule has 130 valence electrons. The Labute approximate surface area is 145 Å².